The quantitative estimate of drug-likeness (QED) is 0.834. The van der Waals surface area contributed by atoms with E-state index in [1.54, 1.807) is 12.1 Å². The van der Waals surface area contributed by atoms with Crippen LogP contribution in [0.2, 0.25) is 0 Å². The van der Waals surface area contributed by atoms with Gasteiger partial charge in [0, 0.05) is 24.7 Å². The minimum Gasteiger partial charge on any atom is -0.352 e. The van der Waals surface area contributed by atoms with Gasteiger partial charge < -0.3 is 10.3 Å². The molecule has 0 spiro atoms. The molecule has 1 heterocycles. The van der Waals surface area contributed by atoms with Crippen molar-refractivity contribution in [2.45, 2.75) is 36.6 Å². The van der Waals surface area contributed by atoms with Crippen molar-refractivity contribution < 1.29 is 13.2 Å². The second-order valence-electron chi connectivity index (χ2n) is 6.38. The van der Waals surface area contributed by atoms with Crippen LogP contribution in [0.15, 0.2) is 40.0 Å². The molecule has 0 atom stereocenters. The molecule has 0 radical (unpaired) electrons. The number of amides is 1. The first-order chi connectivity index (χ1) is 11.9. The fraction of sp³-hybridized carbons (Fsp3) is 0.412. The lowest BCUT2D eigenvalue weighted by Gasteiger charge is -2.19. The first kappa shape index (κ1) is 17.6. The molecule has 0 saturated heterocycles. The molecule has 2 aromatic rings. The third-order valence-corrected chi connectivity index (χ3v) is 6.29. The Morgan fingerprint density at radius 3 is 2.68 bits per heavy atom. The van der Waals surface area contributed by atoms with Gasteiger partial charge in [0.1, 0.15) is 0 Å². The highest BCUT2D eigenvalue weighted by Gasteiger charge is 2.25. The molecule has 0 unspecified atom stereocenters. The lowest BCUT2D eigenvalue weighted by atomic mass is 10.2. The normalized spacial score (nSPS) is 15.8. The molecule has 0 bridgehead atoms. The third kappa shape index (κ3) is 3.91. The van der Waals surface area contributed by atoms with Crippen LogP contribution in [0, 0.1) is 0 Å². The van der Waals surface area contributed by atoms with Crippen LogP contribution in [-0.4, -0.2) is 43.2 Å². The van der Waals surface area contributed by atoms with Crippen molar-refractivity contribution in [3.8, 4) is 0 Å². The number of H-pyrrole nitrogens is 1. The number of hydrogen-bond donors (Lipinski definition) is 2. The largest absolute Gasteiger partial charge is 0.352 e. The van der Waals surface area contributed by atoms with Crippen LogP contribution in [0.25, 0.3) is 10.9 Å². The number of carbonyl (C=O) groups excluding carboxylic acids is 1. The molecule has 1 aromatic carbocycles. The van der Waals surface area contributed by atoms with Crippen LogP contribution in [0.4, 0.5) is 0 Å². The van der Waals surface area contributed by atoms with E-state index in [-0.39, 0.29) is 28.9 Å². The summed E-state index contributed by atoms with van der Waals surface area (Å²) in [5, 5.41) is 3.50. The molecule has 1 aromatic heterocycles. The number of rotatable bonds is 5. The topological polar surface area (TPSA) is 99.3 Å². The van der Waals surface area contributed by atoms with Crippen molar-refractivity contribution in [1.29, 1.82) is 0 Å². The van der Waals surface area contributed by atoms with Crippen molar-refractivity contribution in [3.63, 3.8) is 0 Å². The molecule has 2 N–H and O–H groups in total. The van der Waals surface area contributed by atoms with Crippen LogP contribution in [0.5, 0.6) is 0 Å². The van der Waals surface area contributed by atoms with Crippen molar-refractivity contribution >= 4 is 26.8 Å². The van der Waals surface area contributed by atoms with Crippen molar-refractivity contribution in [2.24, 2.45) is 0 Å². The van der Waals surface area contributed by atoms with Crippen LogP contribution in [-0.2, 0) is 14.8 Å². The van der Waals surface area contributed by atoms with Gasteiger partial charge in [0.25, 0.3) is 0 Å². The van der Waals surface area contributed by atoms with E-state index in [2.05, 4.69) is 10.3 Å². The van der Waals surface area contributed by atoms with E-state index < -0.39 is 10.0 Å². The maximum atomic E-state index is 12.7. The Hall–Kier alpha value is -2.19. The van der Waals surface area contributed by atoms with Gasteiger partial charge >= 0.3 is 0 Å². The second-order valence-corrected chi connectivity index (χ2v) is 8.43. The number of aromatic nitrogens is 1. The lowest BCUT2D eigenvalue weighted by molar-refractivity contribution is -0.121. The zero-order chi connectivity index (χ0) is 18.0. The number of carbonyl (C=O) groups is 1. The minimum atomic E-state index is -3.79. The summed E-state index contributed by atoms with van der Waals surface area (Å²) >= 11 is 0. The van der Waals surface area contributed by atoms with Gasteiger partial charge in [0.15, 0.2) is 0 Å². The molecule has 1 fully saturated rings. The smallest absolute Gasteiger partial charge is 0.248 e. The summed E-state index contributed by atoms with van der Waals surface area (Å²) in [6.45, 7) is -0.220. The van der Waals surface area contributed by atoms with Gasteiger partial charge in [-0.1, -0.05) is 12.8 Å². The minimum absolute atomic E-state index is 0.0863. The van der Waals surface area contributed by atoms with E-state index >= 15 is 0 Å². The summed E-state index contributed by atoms with van der Waals surface area (Å²) in [5.41, 5.74) is 0.317. The molecule has 0 aliphatic heterocycles. The Bertz CT molecular complexity index is 946. The van der Waals surface area contributed by atoms with Crippen molar-refractivity contribution in [1.82, 2.24) is 14.6 Å². The van der Waals surface area contributed by atoms with Gasteiger partial charge in [0.05, 0.1) is 11.4 Å². The van der Waals surface area contributed by atoms with Crippen LogP contribution < -0.4 is 10.9 Å². The van der Waals surface area contributed by atoms with Gasteiger partial charge in [-0.3, -0.25) is 9.59 Å². The molecule has 3 rings (SSSR count). The number of likely N-dealkylation sites (N-methyl/N-ethyl adjacent to an activating group) is 1. The second kappa shape index (κ2) is 6.97. The number of nitrogens with one attached hydrogen (secondary N) is 2. The number of pyridine rings is 1. The number of fused-ring (bicyclic) bond motifs is 1. The number of sulfonamides is 1. The zero-order valence-electron chi connectivity index (χ0n) is 14.0. The summed E-state index contributed by atoms with van der Waals surface area (Å²) in [6.07, 6.45) is 4.09. The molecule has 134 valence electrons. The Kier molecular flexibility index (Phi) is 4.91. The summed E-state index contributed by atoms with van der Waals surface area (Å²) in [5.74, 6) is -0.289. The van der Waals surface area contributed by atoms with E-state index in [0.717, 1.165) is 30.0 Å². The van der Waals surface area contributed by atoms with Gasteiger partial charge in [-0.25, -0.2) is 8.42 Å². The van der Waals surface area contributed by atoms with Crippen LogP contribution in [0.1, 0.15) is 25.7 Å². The van der Waals surface area contributed by atoms with Crippen molar-refractivity contribution in [3.05, 3.63) is 40.7 Å². The average Bonchev–Trinajstić information content (AvgIpc) is 3.06. The Labute approximate surface area is 146 Å². The Morgan fingerprint density at radius 1 is 1.24 bits per heavy atom. The molecule has 1 saturated carbocycles. The fourth-order valence-corrected chi connectivity index (χ4v) is 4.27. The monoisotopic (exact) mass is 363 g/mol. The maximum absolute atomic E-state index is 12.7. The third-order valence-electron chi connectivity index (χ3n) is 4.49. The first-order valence-electron chi connectivity index (χ1n) is 8.25. The van der Waals surface area contributed by atoms with E-state index in [4.69, 9.17) is 0 Å². The average molecular weight is 363 g/mol. The summed E-state index contributed by atoms with van der Waals surface area (Å²) in [7, 11) is -2.40. The molecule has 1 amide bonds. The van der Waals surface area contributed by atoms with E-state index in [9.17, 15) is 18.0 Å². The predicted octanol–water partition coefficient (Wildman–Crippen LogP) is 1.21. The molecule has 8 heteroatoms. The first-order valence-corrected chi connectivity index (χ1v) is 9.69. The van der Waals surface area contributed by atoms with E-state index in [0.29, 0.717) is 10.9 Å². The highest BCUT2D eigenvalue weighted by molar-refractivity contribution is 7.89. The van der Waals surface area contributed by atoms with E-state index in [1.807, 2.05) is 0 Å². The predicted molar refractivity (Wildman–Crippen MR) is 94.8 cm³/mol. The molecule has 7 nitrogen and oxygen atoms in total. The zero-order valence-corrected chi connectivity index (χ0v) is 14.8. The van der Waals surface area contributed by atoms with E-state index in [1.165, 1.54) is 25.2 Å². The number of benzene rings is 1. The molecule has 1 aliphatic carbocycles. The van der Waals surface area contributed by atoms with Gasteiger partial charge in [0.2, 0.25) is 21.5 Å². The summed E-state index contributed by atoms with van der Waals surface area (Å²) in [6, 6.07) is 7.54. The standard InChI is InChI=1S/C17H21N3O4S/c1-20(11-17(22)18-13-4-2-3-5-13)25(23,24)14-7-8-15-12(10-14)6-9-16(21)19-15/h6-10,13H,2-5,11H2,1H3,(H,18,22)(H,19,21). The highest BCUT2D eigenvalue weighted by atomic mass is 32.2. The molecular formula is C17H21N3O4S. The lowest BCUT2D eigenvalue weighted by Crippen LogP contribution is -2.41. The highest BCUT2D eigenvalue weighted by Crippen LogP contribution is 2.20. The van der Waals surface area contributed by atoms with Gasteiger partial charge in [-0.15, -0.1) is 0 Å². The van der Waals surface area contributed by atoms with Gasteiger partial charge in [-0.05, 0) is 42.5 Å². The Morgan fingerprint density at radius 2 is 1.96 bits per heavy atom. The molecule has 25 heavy (non-hydrogen) atoms. The fourth-order valence-electron chi connectivity index (χ4n) is 3.10. The maximum Gasteiger partial charge on any atom is 0.248 e. The molecular weight excluding hydrogens is 342 g/mol. The molecule has 1 aliphatic rings. The van der Waals surface area contributed by atoms with Gasteiger partial charge in [-0.2, -0.15) is 4.31 Å². The Balaban J connectivity index is 1.76. The summed E-state index contributed by atoms with van der Waals surface area (Å²) < 4.78 is 26.4. The number of nitrogens with zero attached hydrogens (tertiary/aromatic N) is 1. The summed E-state index contributed by atoms with van der Waals surface area (Å²) in [4.78, 5) is 26.1. The van der Waals surface area contributed by atoms with Crippen LogP contribution in [0.3, 0.4) is 0 Å². The number of aromatic amines is 1. The SMILES string of the molecule is CN(CC(=O)NC1CCCC1)S(=O)(=O)c1ccc2[nH]c(=O)ccc2c1. The van der Waals surface area contributed by atoms with Crippen molar-refractivity contribution in [2.75, 3.05) is 13.6 Å². The number of hydrogen-bond acceptors (Lipinski definition) is 4. The van der Waals surface area contributed by atoms with Crippen LogP contribution >= 0.6 is 0 Å².